The van der Waals surface area contributed by atoms with E-state index in [1.165, 1.54) is 0 Å². The monoisotopic (exact) mass is 221 g/mol. The maximum Gasteiger partial charge on any atom is 0.315 e. The van der Waals surface area contributed by atoms with Crippen molar-refractivity contribution in [3.63, 3.8) is 0 Å². The minimum atomic E-state index is -0.218. The molecule has 1 aliphatic heterocycles. The standard InChI is InChI=1S/C12H15NO3/c1-3-16-12(14)9-7-13-11-8(9)5-4-6-10(11)15-2/h4-6,9,13H,3,7H2,1-2H3. The Morgan fingerprint density at radius 1 is 1.56 bits per heavy atom. The highest BCUT2D eigenvalue weighted by molar-refractivity contribution is 5.85. The van der Waals surface area contributed by atoms with Crippen molar-refractivity contribution in [1.29, 1.82) is 0 Å². The number of para-hydroxylation sites is 1. The van der Waals surface area contributed by atoms with Crippen LogP contribution in [0.4, 0.5) is 5.69 Å². The van der Waals surface area contributed by atoms with Crippen LogP contribution in [0, 0.1) is 0 Å². The molecule has 0 spiro atoms. The van der Waals surface area contributed by atoms with Crippen LogP contribution in [0.25, 0.3) is 0 Å². The minimum absolute atomic E-state index is 0.179. The first-order valence-corrected chi connectivity index (χ1v) is 5.35. The van der Waals surface area contributed by atoms with E-state index >= 15 is 0 Å². The van der Waals surface area contributed by atoms with E-state index < -0.39 is 0 Å². The van der Waals surface area contributed by atoms with Crippen molar-refractivity contribution in [2.45, 2.75) is 12.8 Å². The summed E-state index contributed by atoms with van der Waals surface area (Å²) in [5.74, 6) is 0.372. The van der Waals surface area contributed by atoms with Gasteiger partial charge in [-0.25, -0.2) is 0 Å². The molecule has 0 bridgehead atoms. The first-order valence-electron chi connectivity index (χ1n) is 5.35. The zero-order chi connectivity index (χ0) is 11.5. The zero-order valence-electron chi connectivity index (χ0n) is 9.45. The third-order valence-electron chi connectivity index (χ3n) is 2.71. The van der Waals surface area contributed by atoms with Gasteiger partial charge in [-0.15, -0.1) is 0 Å². The van der Waals surface area contributed by atoms with Gasteiger partial charge in [-0.1, -0.05) is 12.1 Å². The van der Waals surface area contributed by atoms with Gasteiger partial charge in [0.2, 0.25) is 0 Å². The summed E-state index contributed by atoms with van der Waals surface area (Å²) in [4.78, 5) is 11.7. The number of rotatable bonds is 3. The predicted octanol–water partition coefficient (Wildman–Crippen LogP) is 1.77. The highest BCUT2D eigenvalue weighted by Gasteiger charge is 2.31. The molecule has 0 saturated carbocycles. The van der Waals surface area contributed by atoms with E-state index in [9.17, 15) is 4.79 Å². The Morgan fingerprint density at radius 2 is 2.38 bits per heavy atom. The van der Waals surface area contributed by atoms with Crippen molar-refractivity contribution in [2.75, 3.05) is 25.6 Å². The number of esters is 1. The van der Waals surface area contributed by atoms with Gasteiger partial charge in [-0.05, 0) is 18.6 Å². The fraction of sp³-hybridized carbons (Fsp3) is 0.417. The molecule has 0 aliphatic carbocycles. The summed E-state index contributed by atoms with van der Waals surface area (Å²) in [6.45, 7) is 2.80. The van der Waals surface area contributed by atoms with Gasteiger partial charge in [-0.3, -0.25) is 4.79 Å². The Labute approximate surface area is 94.6 Å². The summed E-state index contributed by atoms with van der Waals surface area (Å²) in [6, 6.07) is 5.69. The molecule has 4 heteroatoms. The van der Waals surface area contributed by atoms with Crippen LogP contribution in [-0.4, -0.2) is 26.2 Å². The molecule has 4 nitrogen and oxygen atoms in total. The molecule has 1 N–H and O–H groups in total. The fourth-order valence-electron chi connectivity index (χ4n) is 1.97. The van der Waals surface area contributed by atoms with E-state index in [2.05, 4.69) is 5.32 Å². The van der Waals surface area contributed by atoms with Crippen LogP contribution in [-0.2, 0) is 9.53 Å². The molecule has 1 aromatic carbocycles. The fourth-order valence-corrected chi connectivity index (χ4v) is 1.97. The predicted molar refractivity (Wildman–Crippen MR) is 60.9 cm³/mol. The number of carbonyl (C=O) groups is 1. The van der Waals surface area contributed by atoms with Gasteiger partial charge in [0.15, 0.2) is 0 Å². The van der Waals surface area contributed by atoms with Crippen molar-refractivity contribution in [2.24, 2.45) is 0 Å². The lowest BCUT2D eigenvalue weighted by molar-refractivity contribution is -0.144. The zero-order valence-corrected chi connectivity index (χ0v) is 9.45. The molecule has 1 unspecified atom stereocenters. The Hall–Kier alpha value is -1.71. The Bertz CT molecular complexity index is 403. The molecule has 1 aromatic rings. The summed E-state index contributed by atoms with van der Waals surface area (Å²) in [6.07, 6.45) is 0. The van der Waals surface area contributed by atoms with E-state index in [0.717, 1.165) is 17.0 Å². The number of fused-ring (bicyclic) bond motifs is 1. The van der Waals surface area contributed by atoms with Gasteiger partial charge < -0.3 is 14.8 Å². The van der Waals surface area contributed by atoms with Crippen molar-refractivity contribution in [1.82, 2.24) is 0 Å². The molecule has 0 fully saturated rings. The van der Waals surface area contributed by atoms with Gasteiger partial charge >= 0.3 is 5.97 Å². The number of hydrogen-bond donors (Lipinski definition) is 1. The molecule has 16 heavy (non-hydrogen) atoms. The first kappa shape index (κ1) is 10.8. The van der Waals surface area contributed by atoms with E-state index in [-0.39, 0.29) is 11.9 Å². The van der Waals surface area contributed by atoms with Crippen LogP contribution in [0.5, 0.6) is 5.75 Å². The number of hydrogen-bond acceptors (Lipinski definition) is 4. The molecule has 0 saturated heterocycles. The quantitative estimate of drug-likeness (QED) is 0.790. The lowest BCUT2D eigenvalue weighted by Gasteiger charge is -2.09. The molecular weight excluding hydrogens is 206 g/mol. The number of carbonyl (C=O) groups excluding carboxylic acids is 1. The van der Waals surface area contributed by atoms with Crippen molar-refractivity contribution < 1.29 is 14.3 Å². The second-order valence-electron chi connectivity index (χ2n) is 3.61. The first-order chi connectivity index (χ1) is 7.77. The summed E-state index contributed by atoms with van der Waals surface area (Å²) in [5.41, 5.74) is 1.86. The van der Waals surface area contributed by atoms with Gasteiger partial charge in [0, 0.05) is 6.54 Å². The van der Waals surface area contributed by atoms with Gasteiger partial charge in [0.1, 0.15) is 11.7 Å². The molecule has 86 valence electrons. The van der Waals surface area contributed by atoms with Gasteiger partial charge in [-0.2, -0.15) is 0 Å². The van der Waals surface area contributed by atoms with E-state index in [0.29, 0.717) is 13.2 Å². The van der Waals surface area contributed by atoms with E-state index in [1.807, 2.05) is 25.1 Å². The van der Waals surface area contributed by atoms with E-state index in [4.69, 9.17) is 9.47 Å². The molecule has 1 heterocycles. The normalized spacial score (nSPS) is 17.5. The average Bonchev–Trinajstić information content (AvgIpc) is 2.72. The Balaban J connectivity index is 2.29. The molecule has 0 radical (unpaired) electrons. The van der Waals surface area contributed by atoms with E-state index in [1.54, 1.807) is 7.11 Å². The van der Waals surface area contributed by atoms with Crippen LogP contribution in [0.2, 0.25) is 0 Å². The SMILES string of the molecule is CCOC(=O)C1CNc2c(OC)cccc21. The summed E-state index contributed by atoms with van der Waals surface area (Å²) in [7, 11) is 1.62. The maximum atomic E-state index is 11.7. The van der Waals surface area contributed by atoms with Crippen molar-refractivity contribution in [3.05, 3.63) is 23.8 Å². The highest BCUT2D eigenvalue weighted by Crippen LogP contribution is 2.38. The average molecular weight is 221 g/mol. The molecule has 1 atom stereocenters. The maximum absolute atomic E-state index is 11.7. The van der Waals surface area contributed by atoms with Crippen LogP contribution >= 0.6 is 0 Å². The van der Waals surface area contributed by atoms with Crippen molar-refractivity contribution >= 4 is 11.7 Å². The summed E-state index contributed by atoms with van der Waals surface area (Å²) in [5, 5.41) is 3.18. The molecule has 0 aromatic heterocycles. The topological polar surface area (TPSA) is 47.6 Å². The van der Waals surface area contributed by atoms with Crippen LogP contribution in [0.1, 0.15) is 18.4 Å². The third kappa shape index (κ3) is 1.71. The summed E-state index contributed by atoms with van der Waals surface area (Å²) >= 11 is 0. The number of nitrogens with one attached hydrogen (secondary N) is 1. The summed E-state index contributed by atoms with van der Waals surface area (Å²) < 4.78 is 10.3. The molecular formula is C12H15NO3. The van der Waals surface area contributed by atoms with Crippen LogP contribution in [0.15, 0.2) is 18.2 Å². The largest absolute Gasteiger partial charge is 0.495 e. The van der Waals surface area contributed by atoms with Crippen molar-refractivity contribution in [3.8, 4) is 5.75 Å². The smallest absolute Gasteiger partial charge is 0.315 e. The van der Waals surface area contributed by atoms with Gasteiger partial charge in [0.05, 0.1) is 19.4 Å². The minimum Gasteiger partial charge on any atom is -0.495 e. The second kappa shape index (κ2) is 4.43. The van der Waals surface area contributed by atoms with Crippen LogP contribution in [0.3, 0.4) is 0 Å². The number of methoxy groups -OCH3 is 1. The lowest BCUT2D eigenvalue weighted by atomic mass is 10.0. The molecule has 0 amide bonds. The highest BCUT2D eigenvalue weighted by atomic mass is 16.5. The molecule has 1 aliphatic rings. The number of ether oxygens (including phenoxy) is 2. The Morgan fingerprint density at radius 3 is 3.06 bits per heavy atom. The Kier molecular flexibility index (Phi) is 2.99. The second-order valence-corrected chi connectivity index (χ2v) is 3.61. The number of anilines is 1. The van der Waals surface area contributed by atoms with Crippen LogP contribution < -0.4 is 10.1 Å². The number of benzene rings is 1. The third-order valence-corrected chi connectivity index (χ3v) is 2.71. The lowest BCUT2D eigenvalue weighted by Crippen LogP contribution is -2.17. The molecule has 2 rings (SSSR count). The van der Waals surface area contributed by atoms with Gasteiger partial charge in [0.25, 0.3) is 0 Å².